The molecule has 1 amide bonds. The lowest BCUT2D eigenvalue weighted by molar-refractivity contribution is 0.0949. The molecule has 1 aromatic heterocycles. The number of nitrogens with zero attached hydrogens (tertiary/aromatic N) is 2. The van der Waals surface area contributed by atoms with Crippen LogP contribution in [0.3, 0.4) is 0 Å². The highest BCUT2D eigenvalue weighted by molar-refractivity contribution is 5.95. The number of amides is 1. The molecule has 1 aliphatic carbocycles. The van der Waals surface area contributed by atoms with E-state index in [1.165, 1.54) is 12.8 Å². The molecule has 17 heavy (non-hydrogen) atoms. The van der Waals surface area contributed by atoms with Gasteiger partial charge in [-0.25, -0.2) is 0 Å². The van der Waals surface area contributed by atoms with Crippen LogP contribution in [0.5, 0.6) is 0 Å². The number of aryl methyl sites for hydroxylation is 2. The van der Waals surface area contributed by atoms with Gasteiger partial charge < -0.3 is 11.1 Å². The minimum Gasteiger partial charge on any atom is -0.350 e. The summed E-state index contributed by atoms with van der Waals surface area (Å²) < 4.78 is 1.68. The number of nitrogens with one attached hydrogen (secondary N) is 1. The highest BCUT2D eigenvalue weighted by Crippen LogP contribution is 2.31. The molecule has 1 fully saturated rings. The molecule has 0 radical (unpaired) electrons. The maximum Gasteiger partial charge on any atom is 0.254 e. The first kappa shape index (κ1) is 12.1. The van der Waals surface area contributed by atoms with Crippen molar-refractivity contribution < 1.29 is 4.79 Å². The first-order chi connectivity index (χ1) is 8.11. The van der Waals surface area contributed by atoms with E-state index >= 15 is 0 Å². The van der Waals surface area contributed by atoms with Crippen LogP contribution in [-0.4, -0.2) is 28.3 Å². The van der Waals surface area contributed by atoms with Gasteiger partial charge in [0, 0.05) is 25.8 Å². The van der Waals surface area contributed by atoms with Crippen LogP contribution < -0.4 is 11.1 Å². The van der Waals surface area contributed by atoms with Crippen LogP contribution in [-0.2, 0) is 13.5 Å². The van der Waals surface area contributed by atoms with Gasteiger partial charge in [-0.1, -0.05) is 6.92 Å². The van der Waals surface area contributed by atoms with Crippen molar-refractivity contribution in [1.82, 2.24) is 15.1 Å². The van der Waals surface area contributed by atoms with Crippen molar-refractivity contribution in [2.75, 3.05) is 6.54 Å². The fourth-order valence-corrected chi connectivity index (χ4v) is 1.98. The monoisotopic (exact) mass is 236 g/mol. The molecule has 1 unspecified atom stereocenters. The number of rotatable bonds is 5. The van der Waals surface area contributed by atoms with Gasteiger partial charge in [0.1, 0.15) is 0 Å². The van der Waals surface area contributed by atoms with E-state index in [0.29, 0.717) is 18.0 Å². The number of carbonyl (C=O) groups excluding carboxylic acids is 1. The SMILES string of the molecule is CCc1nn(C)cc1C(=O)NCC(N)C1CC1. The Balaban J connectivity index is 1.93. The molecule has 3 N–H and O–H groups in total. The molecule has 94 valence electrons. The van der Waals surface area contributed by atoms with Crippen LogP contribution in [0.2, 0.25) is 0 Å². The molecule has 1 aromatic rings. The Bertz CT molecular complexity index is 409. The van der Waals surface area contributed by atoms with Crippen molar-refractivity contribution in [3.8, 4) is 0 Å². The summed E-state index contributed by atoms with van der Waals surface area (Å²) in [5, 5.41) is 7.14. The number of nitrogens with two attached hydrogens (primary N) is 1. The predicted octanol–water partition coefficient (Wildman–Crippen LogP) is 0.450. The van der Waals surface area contributed by atoms with Gasteiger partial charge in [0.2, 0.25) is 0 Å². The molecule has 0 saturated heterocycles. The molecule has 0 aliphatic heterocycles. The summed E-state index contributed by atoms with van der Waals surface area (Å²) in [6.07, 6.45) is 4.92. The molecular weight excluding hydrogens is 216 g/mol. The van der Waals surface area contributed by atoms with E-state index in [1.807, 2.05) is 14.0 Å². The smallest absolute Gasteiger partial charge is 0.254 e. The Labute approximate surface area is 101 Å². The Hall–Kier alpha value is -1.36. The standard InChI is InChI=1S/C12H20N4O/c1-3-11-9(7-16(2)15-11)12(17)14-6-10(13)8-4-5-8/h7-8,10H,3-6,13H2,1-2H3,(H,14,17). The van der Waals surface area contributed by atoms with Crippen molar-refractivity contribution in [2.24, 2.45) is 18.7 Å². The second-order valence-electron chi connectivity index (χ2n) is 4.73. The van der Waals surface area contributed by atoms with Crippen molar-refractivity contribution in [3.63, 3.8) is 0 Å². The number of hydrogen-bond donors (Lipinski definition) is 2. The molecule has 0 spiro atoms. The van der Waals surface area contributed by atoms with Gasteiger partial charge in [0.25, 0.3) is 5.91 Å². The van der Waals surface area contributed by atoms with Crippen molar-refractivity contribution in [3.05, 3.63) is 17.5 Å². The summed E-state index contributed by atoms with van der Waals surface area (Å²) in [5.41, 5.74) is 7.45. The van der Waals surface area contributed by atoms with Gasteiger partial charge in [-0.15, -0.1) is 0 Å². The Kier molecular flexibility index (Phi) is 3.47. The molecule has 1 atom stereocenters. The zero-order chi connectivity index (χ0) is 12.4. The molecule has 5 nitrogen and oxygen atoms in total. The highest BCUT2D eigenvalue weighted by atomic mass is 16.1. The van der Waals surface area contributed by atoms with E-state index in [2.05, 4.69) is 10.4 Å². The molecule has 2 rings (SSSR count). The van der Waals surface area contributed by atoms with E-state index in [1.54, 1.807) is 10.9 Å². The van der Waals surface area contributed by atoms with Gasteiger partial charge in [0.05, 0.1) is 11.3 Å². The molecule has 0 bridgehead atoms. The third-order valence-electron chi connectivity index (χ3n) is 3.21. The van der Waals surface area contributed by atoms with Crippen LogP contribution in [0.25, 0.3) is 0 Å². The lowest BCUT2D eigenvalue weighted by atomic mass is 10.1. The maximum absolute atomic E-state index is 12.0. The van der Waals surface area contributed by atoms with Gasteiger partial charge >= 0.3 is 0 Å². The second-order valence-corrected chi connectivity index (χ2v) is 4.73. The van der Waals surface area contributed by atoms with Crippen LogP contribution in [0.4, 0.5) is 0 Å². The largest absolute Gasteiger partial charge is 0.350 e. The fourth-order valence-electron chi connectivity index (χ4n) is 1.98. The van der Waals surface area contributed by atoms with Crippen molar-refractivity contribution >= 4 is 5.91 Å². The Morgan fingerprint density at radius 3 is 3.00 bits per heavy atom. The van der Waals surface area contributed by atoms with E-state index in [9.17, 15) is 4.79 Å². The van der Waals surface area contributed by atoms with E-state index in [0.717, 1.165) is 12.1 Å². The van der Waals surface area contributed by atoms with Crippen molar-refractivity contribution in [2.45, 2.75) is 32.2 Å². The summed E-state index contributed by atoms with van der Waals surface area (Å²) in [4.78, 5) is 12.0. The van der Waals surface area contributed by atoms with Gasteiger partial charge in [-0.2, -0.15) is 5.10 Å². The average molecular weight is 236 g/mol. The zero-order valence-corrected chi connectivity index (χ0v) is 10.4. The molecule has 1 saturated carbocycles. The van der Waals surface area contributed by atoms with Gasteiger partial charge in [-0.3, -0.25) is 9.48 Å². The third-order valence-corrected chi connectivity index (χ3v) is 3.21. The number of aromatic nitrogens is 2. The van der Waals surface area contributed by atoms with Crippen LogP contribution in [0, 0.1) is 5.92 Å². The van der Waals surface area contributed by atoms with Gasteiger partial charge in [-0.05, 0) is 25.2 Å². The molecule has 1 aliphatic rings. The molecule has 5 heteroatoms. The summed E-state index contributed by atoms with van der Waals surface area (Å²) in [7, 11) is 1.83. The topological polar surface area (TPSA) is 72.9 Å². The molecule has 1 heterocycles. The quantitative estimate of drug-likeness (QED) is 0.779. The maximum atomic E-state index is 12.0. The Morgan fingerprint density at radius 2 is 2.41 bits per heavy atom. The lowest BCUT2D eigenvalue weighted by Crippen LogP contribution is -2.38. The van der Waals surface area contributed by atoms with Crippen molar-refractivity contribution in [1.29, 1.82) is 0 Å². The van der Waals surface area contributed by atoms with E-state index < -0.39 is 0 Å². The Morgan fingerprint density at radius 1 is 1.71 bits per heavy atom. The second kappa shape index (κ2) is 4.87. The third kappa shape index (κ3) is 2.85. The first-order valence-corrected chi connectivity index (χ1v) is 6.18. The van der Waals surface area contributed by atoms with E-state index in [4.69, 9.17) is 5.73 Å². The predicted molar refractivity (Wildman–Crippen MR) is 65.6 cm³/mol. The highest BCUT2D eigenvalue weighted by Gasteiger charge is 2.28. The first-order valence-electron chi connectivity index (χ1n) is 6.18. The van der Waals surface area contributed by atoms with Crippen LogP contribution in [0.15, 0.2) is 6.20 Å². The zero-order valence-electron chi connectivity index (χ0n) is 10.4. The normalized spacial score (nSPS) is 16.9. The lowest BCUT2D eigenvalue weighted by Gasteiger charge is -2.11. The van der Waals surface area contributed by atoms with Crippen LogP contribution in [0.1, 0.15) is 35.8 Å². The van der Waals surface area contributed by atoms with Crippen LogP contribution >= 0.6 is 0 Å². The fraction of sp³-hybridized carbons (Fsp3) is 0.667. The molecule has 0 aromatic carbocycles. The summed E-state index contributed by atoms with van der Waals surface area (Å²) in [6.45, 7) is 2.55. The summed E-state index contributed by atoms with van der Waals surface area (Å²) in [6, 6.07) is 0.0979. The molecular formula is C12H20N4O. The van der Waals surface area contributed by atoms with E-state index in [-0.39, 0.29) is 11.9 Å². The summed E-state index contributed by atoms with van der Waals surface area (Å²) >= 11 is 0. The minimum absolute atomic E-state index is 0.0638. The average Bonchev–Trinajstić information content (AvgIpc) is 3.09. The number of carbonyl (C=O) groups is 1. The van der Waals surface area contributed by atoms with Gasteiger partial charge in [0.15, 0.2) is 0 Å². The minimum atomic E-state index is -0.0638. The summed E-state index contributed by atoms with van der Waals surface area (Å²) in [5.74, 6) is 0.542. The number of hydrogen-bond acceptors (Lipinski definition) is 3.